The molecule has 1 rings (SSSR count). The normalized spacial score (nSPS) is 14.4. The molecule has 0 saturated carbocycles. The van der Waals surface area contributed by atoms with Gasteiger partial charge in [0, 0.05) is 6.04 Å². The van der Waals surface area contributed by atoms with Crippen LogP contribution in [-0.2, 0) is 4.79 Å². The van der Waals surface area contributed by atoms with Gasteiger partial charge in [0.2, 0.25) is 0 Å². The average molecular weight is 221 g/mol. The Morgan fingerprint density at radius 2 is 2.00 bits per heavy atom. The number of rotatable bonds is 6. The largest absolute Gasteiger partial charge is 0.480 e. The van der Waals surface area contributed by atoms with E-state index in [1.54, 1.807) is 0 Å². The van der Waals surface area contributed by atoms with Crippen molar-refractivity contribution in [2.24, 2.45) is 0 Å². The summed E-state index contributed by atoms with van der Waals surface area (Å²) in [6.07, 6.45) is 1.53. The van der Waals surface area contributed by atoms with Crippen molar-refractivity contribution in [3.05, 3.63) is 35.9 Å². The molecule has 0 fully saturated rings. The van der Waals surface area contributed by atoms with Gasteiger partial charge in [-0.05, 0) is 18.9 Å². The van der Waals surface area contributed by atoms with E-state index in [0.717, 1.165) is 12.0 Å². The molecule has 0 aliphatic heterocycles. The Hall–Kier alpha value is -1.35. The number of benzene rings is 1. The molecule has 0 saturated heterocycles. The summed E-state index contributed by atoms with van der Waals surface area (Å²) in [7, 11) is 0. The first-order chi connectivity index (χ1) is 7.65. The van der Waals surface area contributed by atoms with E-state index in [9.17, 15) is 4.79 Å². The van der Waals surface area contributed by atoms with Gasteiger partial charge in [-0.15, -0.1) is 0 Å². The molecule has 0 aliphatic rings. The Morgan fingerprint density at radius 1 is 1.38 bits per heavy atom. The molecule has 0 heterocycles. The quantitative estimate of drug-likeness (QED) is 0.776. The van der Waals surface area contributed by atoms with E-state index in [-0.39, 0.29) is 6.04 Å². The van der Waals surface area contributed by atoms with Gasteiger partial charge in [0.1, 0.15) is 6.04 Å². The van der Waals surface area contributed by atoms with Crippen LogP contribution in [0.5, 0.6) is 0 Å². The molecule has 0 bridgehead atoms. The van der Waals surface area contributed by atoms with Gasteiger partial charge >= 0.3 is 5.97 Å². The number of nitrogens with one attached hydrogen (secondary N) is 1. The van der Waals surface area contributed by atoms with Crippen LogP contribution < -0.4 is 5.32 Å². The molecule has 1 aromatic carbocycles. The lowest BCUT2D eigenvalue weighted by Gasteiger charge is -2.20. The summed E-state index contributed by atoms with van der Waals surface area (Å²) in [6.45, 7) is 3.98. The van der Waals surface area contributed by atoms with Crippen molar-refractivity contribution >= 4 is 5.97 Å². The predicted octanol–water partition coefficient (Wildman–Crippen LogP) is 2.59. The van der Waals surface area contributed by atoms with Crippen LogP contribution in [0.4, 0.5) is 0 Å². The van der Waals surface area contributed by atoms with E-state index in [1.807, 2.05) is 44.2 Å². The second kappa shape index (κ2) is 6.28. The summed E-state index contributed by atoms with van der Waals surface area (Å²) >= 11 is 0. The topological polar surface area (TPSA) is 49.3 Å². The standard InChI is InChI=1S/C13H19NO2/c1-3-7-12(13(15)16)14-10(2)11-8-5-4-6-9-11/h4-6,8-10,12,14H,3,7H2,1-2H3,(H,15,16)/t10-,12?/m1/s1. The van der Waals surface area contributed by atoms with Gasteiger partial charge in [-0.1, -0.05) is 43.7 Å². The molecule has 1 aromatic rings. The molecule has 0 aromatic heterocycles. The zero-order valence-corrected chi connectivity index (χ0v) is 9.81. The highest BCUT2D eigenvalue weighted by Gasteiger charge is 2.18. The fourth-order valence-electron chi connectivity index (χ4n) is 1.71. The summed E-state index contributed by atoms with van der Waals surface area (Å²) in [5, 5.41) is 12.2. The lowest BCUT2D eigenvalue weighted by molar-refractivity contribution is -0.139. The van der Waals surface area contributed by atoms with Crippen molar-refractivity contribution in [1.29, 1.82) is 0 Å². The highest BCUT2D eigenvalue weighted by Crippen LogP contribution is 2.13. The first-order valence-corrected chi connectivity index (χ1v) is 5.69. The highest BCUT2D eigenvalue weighted by molar-refractivity contribution is 5.73. The number of aliphatic carboxylic acids is 1. The van der Waals surface area contributed by atoms with E-state index in [4.69, 9.17) is 5.11 Å². The summed E-state index contributed by atoms with van der Waals surface area (Å²) in [5.74, 6) is -0.773. The maximum atomic E-state index is 11.0. The molecule has 2 N–H and O–H groups in total. The minimum atomic E-state index is -0.773. The molecule has 0 amide bonds. The molecule has 0 aliphatic carbocycles. The maximum Gasteiger partial charge on any atom is 0.320 e. The van der Waals surface area contributed by atoms with Crippen molar-refractivity contribution in [3.63, 3.8) is 0 Å². The van der Waals surface area contributed by atoms with Crippen molar-refractivity contribution in [2.45, 2.75) is 38.8 Å². The number of carbonyl (C=O) groups is 1. The third kappa shape index (κ3) is 3.66. The van der Waals surface area contributed by atoms with Crippen LogP contribution in [0.25, 0.3) is 0 Å². The van der Waals surface area contributed by atoms with Crippen LogP contribution in [-0.4, -0.2) is 17.1 Å². The van der Waals surface area contributed by atoms with Gasteiger partial charge in [-0.25, -0.2) is 0 Å². The Bertz CT molecular complexity index is 324. The van der Waals surface area contributed by atoms with Gasteiger partial charge in [-0.3, -0.25) is 10.1 Å². The van der Waals surface area contributed by atoms with Gasteiger partial charge in [0.25, 0.3) is 0 Å². The third-order valence-corrected chi connectivity index (χ3v) is 2.63. The van der Waals surface area contributed by atoms with E-state index < -0.39 is 12.0 Å². The van der Waals surface area contributed by atoms with Gasteiger partial charge in [0.05, 0.1) is 0 Å². The van der Waals surface area contributed by atoms with Crippen molar-refractivity contribution < 1.29 is 9.90 Å². The second-order valence-corrected chi connectivity index (χ2v) is 3.98. The number of carboxylic acids is 1. The number of carboxylic acid groups (broad SMARTS) is 1. The molecule has 1 unspecified atom stereocenters. The Labute approximate surface area is 96.5 Å². The van der Waals surface area contributed by atoms with Crippen molar-refractivity contribution in [2.75, 3.05) is 0 Å². The van der Waals surface area contributed by atoms with E-state index in [1.165, 1.54) is 0 Å². The fourth-order valence-corrected chi connectivity index (χ4v) is 1.71. The molecule has 0 radical (unpaired) electrons. The fraction of sp³-hybridized carbons (Fsp3) is 0.462. The monoisotopic (exact) mass is 221 g/mol. The first kappa shape index (κ1) is 12.7. The van der Waals surface area contributed by atoms with Crippen molar-refractivity contribution in [3.8, 4) is 0 Å². The highest BCUT2D eigenvalue weighted by atomic mass is 16.4. The van der Waals surface area contributed by atoms with Gasteiger partial charge in [0.15, 0.2) is 0 Å². The van der Waals surface area contributed by atoms with Crippen LogP contribution in [0, 0.1) is 0 Å². The van der Waals surface area contributed by atoms with E-state index in [0.29, 0.717) is 6.42 Å². The minimum Gasteiger partial charge on any atom is -0.480 e. The zero-order chi connectivity index (χ0) is 12.0. The summed E-state index contributed by atoms with van der Waals surface area (Å²) in [5.41, 5.74) is 1.12. The SMILES string of the molecule is CCCC(N[C@H](C)c1ccccc1)C(=O)O. The molecule has 16 heavy (non-hydrogen) atoms. The maximum absolute atomic E-state index is 11.0. The summed E-state index contributed by atoms with van der Waals surface area (Å²) in [6, 6.07) is 9.49. The molecule has 0 spiro atoms. The summed E-state index contributed by atoms with van der Waals surface area (Å²) < 4.78 is 0. The molecule has 3 heteroatoms. The van der Waals surface area contributed by atoms with Crippen LogP contribution in [0.2, 0.25) is 0 Å². The number of hydrogen-bond donors (Lipinski definition) is 2. The van der Waals surface area contributed by atoms with Gasteiger partial charge < -0.3 is 5.11 Å². The molecule has 2 atom stereocenters. The number of hydrogen-bond acceptors (Lipinski definition) is 2. The van der Waals surface area contributed by atoms with Crippen LogP contribution in [0.15, 0.2) is 30.3 Å². The molecule has 88 valence electrons. The Morgan fingerprint density at radius 3 is 2.50 bits per heavy atom. The van der Waals surface area contributed by atoms with Crippen LogP contribution in [0.3, 0.4) is 0 Å². The van der Waals surface area contributed by atoms with Gasteiger partial charge in [-0.2, -0.15) is 0 Å². The van der Waals surface area contributed by atoms with Crippen molar-refractivity contribution in [1.82, 2.24) is 5.32 Å². The predicted molar refractivity (Wildman–Crippen MR) is 64.3 cm³/mol. The molecule has 3 nitrogen and oxygen atoms in total. The Kier molecular flexibility index (Phi) is 4.99. The smallest absolute Gasteiger partial charge is 0.320 e. The second-order valence-electron chi connectivity index (χ2n) is 3.98. The molecular formula is C13H19NO2. The minimum absolute atomic E-state index is 0.0637. The lowest BCUT2D eigenvalue weighted by Crippen LogP contribution is -2.38. The first-order valence-electron chi connectivity index (χ1n) is 5.69. The third-order valence-electron chi connectivity index (χ3n) is 2.63. The average Bonchev–Trinajstić information content (AvgIpc) is 2.29. The van der Waals surface area contributed by atoms with Crippen LogP contribution in [0.1, 0.15) is 38.3 Å². The lowest BCUT2D eigenvalue weighted by atomic mass is 10.1. The van der Waals surface area contributed by atoms with E-state index >= 15 is 0 Å². The molecular weight excluding hydrogens is 202 g/mol. The van der Waals surface area contributed by atoms with E-state index in [2.05, 4.69) is 5.32 Å². The zero-order valence-electron chi connectivity index (χ0n) is 9.81. The Balaban J connectivity index is 2.61. The summed E-state index contributed by atoms with van der Waals surface area (Å²) in [4.78, 5) is 11.0. The van der Waals surface area contributed by atoms with Crippen LogP contribution >= 0.6 is 0 Å².